The minimum Gasteiger partial charge on any atom is -0.350 e. The van der Waals surface area contributed by atoms with Gasteiger partial charge in [0.1, 0.15) is 11.4 Å². The van der Waals surface area contributed by atoms with Crippen LogP contribution in [0.4, 0.5) is 5.69 Å². The fourth-order valence-electron chi connectivity index (χ4n) is 2.09. The SMILES string of the molecule is Cl.O=C(Nc1ccc2[nH]c(C(=O)NO)cc2c1)c1ccccn1. The van der Waals surface area contributed by atoms with Gasteiger partial charge in [-0.05, 0) is 36.4 Å². The molecule has 4 N–H and O–H groups in total. The predicted octanol–water partition coefficient (Wildman–Crippen LogP) is 2.36. The van der Waals surface area contributed by atoms with Gasteiger partial charge in [0.25, 0.3) is 11.8 Å². The van der Waals surface area contributed by atoms with Crippen LogP contribution >= 0.6 is 12.4 Å². The summed E-state index contributed by atoms with van der Waals surface area (Å²) in [5.74, 6) is -0.945. The number of H-pyrrole nitrogens is 1. The molecule has 0 fully saturated rings. The number of nitrogens with zero attached hydrogens (tertiary/aromatic N) is 1. The summed E-state index contributed by atoms with van der Waals surface area (Å²) in [4.78, 5) is 30.2. The van der Waals surface area contributed by atoms with Crippen molar-refractivity contribution in [1.82, 2.24) is 15.4 Å². The number of hydroxylamine groups is 1. The molecule has 0 atom stereocenters. The molecule has 0 spiro atoms. The van der Waals surface area contributed by atoms with Crippen LogP contribution < -0.4 is 10.8 Å². The number of hydrogen-bond donors (Lipinski definition) is 4. The fraction of sp³-hybridized carbons (Fsp3) is 0. The van der Waals surface area contributed by atoms with Crippen LogP contribution in [0.2, 0.25) is 0 Å². The zero-order chi connectivity index (χ0) is 15.5. The summed E-state index contributed by atoms with van der Waals surface area (Å²) in [6.45, 7) is 0. The first-order valence-electron chi connectivity index (χ1n) is 6.47. The van der Waals surface area contributed by atoms with Crippen molar-refractivity contribution in [3.63, 3.8) is 0 Å². The smallest absolute Gasteiger partial charge is 0.291 e. The Hall–Kier alpha value is -2.90. The van der Waals surface area contributed by atoms with Gasteiger partial charge < -0.3 is 10.3 Å². The van der Waals surface area contributed by atoms with E-state index in [0.717, 1.165) is 10.9 Å². The number of halogens is 1. The number of hydrogen-bond acceptors (Lipinski definition) is 4. The fourth-order valence-corrected chi connectivity index (χ4v) is 2.09. The standard InChI is InChI=1S/C15H12N4O3.ClH/c20-14(12-3-1-2-6-16-12)17-10-4-5-11-9(7-10)8-13(18-11)15(21)19-22;/h1-8,18,22H,(H,17,20)(H,19,21);1H. The second-order valence-electron chi connectivity index (χ2n) is 4.60. The molecule has 3 aromatic rings. The molecule has 0 saturated carbocycles. The van der Waals surface area contributed by atoms with Crippen LogP contribution in [0.3, 0.4) is 0 Å². The Kier molecular flexibility index (Phi) is 4.95. The lowest BCUT2D eigenvalue weighted by molar-refractivity contribution is 0.0701. The van der Waals surface area contributed by atoms with Crippen LogP contribution in [0.15, 0.2) is 48.7 Å². The maximum absolute atomic E-state index is 12.0. The van der Waals surface area contributed by atoms with E-state index in [-0.39, 0.29) is 24.0 Å². The van der Waals surface area contributed by atoms with E-state index in [9.17, 15) is 9.59 Å². The van der Waals surface area contributed by atoms with Gasteiger partial charge in [0.2, 0.25) is 0 Å². The minimum atomic E-state index is -0.629. The lowest BCUT2D eigenvalue weighted by Gasteiger charge is -2.04. The lowest BCUT2D eigenvalue weighted by Crippen LogP contribution is -2.18. The lowest BCUT2D eigenvalue weighted by atomic mass is 10.2. The summed E-state index contributed by atoms with van der Waals surface area (Å²) in [6, 6.07) is 11.8. The molecule has 0 unspecified atom stereocenters. The average Bonchev–Trinajstić information content (AvgIpc) is 2.98. The number of amides is 2. The van der Waals surface area contributed by atoms with Crippen LogP contribution in [-0.4, -0.2) is 27.0 Å². The van der Waals surface area contributed by atoms with Crippen LogP contribution in [0.1, 0.15) is 21.0 Å². The molecule has 0 bridgehead atoms. The van der Waals surface area contributed by atoms with E-state index in [1.807, 2.05) is 0 Å². The van der Waals surface area contributed by atoms with E-state index in [0.29, 0.717) is 11.4 Å². The number of aromatic nitrogens is 2. The number of carbonyl (C=O) groups is 2. The third kappa shape index (κ3) is 3.47. The number of fused-ring (bicyclic) bond motifs is 1. The molecule has 1 aromatic carbocycles. The van der Waals surface area contributed by atoms with Crippen molar-refractivity contribution in [3.8, 4) is 0 Å². The van der Waals surface area contributed by atoms with Crippen molar-refractivity contribution in [3.05, 3.63) is 60.0 Å². The topological polar surface area (TPSA) is 107 Å². The zero-order valence-corrected chi connectivity index (χ0v) is 12.6. The van der Waals surface area contributed by atoms with Gasteiger partial charge in [-0.2, -0.15) is 0 Å². The summed E-state index contributed by atoms with van der Waals surface area (Å²) in [5.41, 5.74) is 3.41. The number of benzene rings is 1. The molecule has 2 amide bonds. The van der Waals surface area contributed by atoms with Gasteiger partial charge in [0, 0.05) is 22.8 Å². The number of anilines is 1. The number of carbonyl (C=O) groups excluding carboxylic acids is 2. The summed E-state index contributed by atoms with van der Waals surface area (Å²) < 4.78 is 0. The largest absolute Gasteiger partial charge is 0.350 e. The summed E-state index contributed by atoms with van der Waals surface area (Å²) in [5, 5.41) is 12.1. The third-order valence-corrected chi connectivity index (χ3v) is 3.12. The molecule has 0 radical (unpaired) electrons. The van der Waals surface area contributed by atoms with Crippen LogP contribution in [-0.2, 0) is 0 Å². The first-order chi connectivity index (χ1) is 10.7. The molecule has 0 aliphatic rings. The Labute approximate surface area is 137 Å². The van der Waals surface area contributed by atoms with Gasteiger partial charge >= 0.3 is 0 Å². The Bertz CT molecular complexity index is 848. The quantitative estimate of drug-likeness (QED) is 0.436. The van der Waals surface area contributed by atoms with Crippen LogP contribution in [0, 0.1) is 0 Å². The van der Waals surface area contributed by atoms with Gasteiger partial charge in [0.05, 0.1) is 0 Å². The zero-order valence-electron chi connectivity index (χ0n) is 11.7. The maximum Gasteiger partial charge on any atom is 0.291 e. The van der Waals surface area contributed by atoms with E-state index >= 15 is 0 Å². The Balaban J connectivity index is 0.00000192. The molecule has 118 valence electrons. The van der Waals surface area contributed by atoms with Gasteiger partial charge in [-0.1, -0.05) is 6.07 Å². The molecule has 3 rings (SSSR count). The molecule has 0 aliphatic heterocycles. The van der Waals surface area contributed by atoms with Gasteiger partial charge in [-0.3, -0.25) is 19.8 Å². The normalized spacial score (nSPS) is 9.96. The van der Waals surface area contributed by atoms with Crippen molar-refractivity contribution in [1.29, 1.82) is 0 Å². The van der Waals surface area contributed by atoms with Crippen molar-refractivity contribution in [2.45, 2.75) is 0 Å². The first kappa shape index (κ1) is 16.5. The summed E-state index contributed by atoms with van der Waals surface area (Å²) in [7, 11) is 0. The number of rotatable bonds is 3. The highest BCUT2D eigenvalue weighted by atomic mass is 35.5. The molecule has 2 aromatic heterocycles. The Morgan fingerprint density at radius 1 is 1.09 bits per heavy atom. The molecule has 2 heterocycles. The summed E-state index contributed by atoms with van der Waals surface area (Å²) in [6.07, 6.45) is 1.55. The van der Waals surface area contributed by atoms with E-state index < -0.39 is 5.91 Å². The van der Waals surface area contributed by atoms with E-state index in [1.165, 1.54) is 0 Å². The predicted molar refractivity (Wildman–Crippen MR) is 87.0 cm³/mol. The second kappa shape index (κ2) is 6.91. The highest BCUT2D eigenvalue weighted by Gasteiger charge is 2.10. The van der Waals surface area contributed by atoms with E-state index in [4.69, 9.17) is 5.21 Å². The second-order valence-corrected chi connectivity index (χ2v) is 4.60. The Morgan fingerprint density at radius 2 is 1.91 bits per heavy atom. The van der Waals surface area contributed by atoms with Crippen molar-refractivity contribution < 1.29 is 14.8 Å². The van der Waals surface area contributed by atoms with Gasteiger partial charge in [0.15, 0.2) is 0 Å². The number of pyridine rings is 1. The minimum absolute atomic E-state index is 0. The highest BCUT2D eigenvalue weighted by Crippen LogP contribution is 2.20. The molecule has 7 nitrogen and oxygen atoms in total. The van der Waals surface area contributed by atoms with Gasteiger partial charge in [-0.25, -0.2) is 5.48 Å². The van der Waals surface area contributed by atoms with E-state index in [1.54, 1.807) is 54.1 Å². The van der Waals surface area contributed by atoms with Crippen LogP contribution in [0.5, 0.6) is 0 Å². The van der Waals surface area contributed by atoms with Crippen molar-refractivity contribution >= 4 is 40.8 Å². The molecule has 0 aliphatic carbocycles. The number of nitrogens with one attached hydrogen (secondary N) is 3. The third-order valence-electron chi connectivity index (χ3n) is 3.12. The maximum atomic E-state index is 12.0. The van der Waals surface area contributed by atoms with Gasteiger partial charge in [-0.15, -0.1) is 12.4 Å². The molecule has 8 heteroatoms. The monoisotopic (exact) mass is 332 g/mol. The molecular weight excluding hydrogens is 320 g/mol. The van der Waals surface area contributed by atoms with Crippen LogP contribution in [0.25, 0.3) is 10.9 Å². The average molecular weight is 333 g/mol. The highest BCUT2D eigenvalue weighted by molar-refractivity contribution is 6.04. The number of aromatic amines is 1. The first-order valence-corrected chi connectivity index (χ1v) is 6.47. The molecule has 0 saturated heterocycles. The molecule has 23 heavy (non-hydrogen) atoms. The van der Waals surface area contributed by atoms with Crippen molar-refractivity contribution in [2.75, 3.05) is 5.32 Å². The summed E-state index contributed by atoms with van der Waals surface area (Å²) >= 11 is 0. The molecular formula is C15H13ClN4O3. The van der Waals surface area contributed by atoms with Crippen molar-refractivity contribution in [2.24, 2.45) is 0 Å². The Morgan fingerprint density at radius 3 is 2.61 bits per heavy atom. The van der Waals surface area contributed by atoms with E-state index in [2.05, 4.69) is 15.3 Å².